The Kier molecular flexibility index (Phi) is 46.9. The first-order valence-electron chi connectivity index (χ1n) is 32.4. The fraction of sp³-hybridized carbons (Fsp3) is 0.617. The number of alkyl halides is 1. The summed E-state index contributed by atoms with van der Waals surface area (Å²) in [6, 6.07) is 0.160. The lowest BCUT2D eigenvalue weighted by Crippen LogP contribution is -2.45. The second kappa shape index (κ2) is 51.9. The molecule has 4 amide bonds. The molecule has 16 N–H and O–H groups in total. The average molecular weight is 1620 g/mol. The number of aromatic nitrogens is 6. The van der Waals surface area contributed by atoms with Crippen LogP contribution in [0.1, 0.15) is 117 Å². The van der Waals surface area contributed by atoms with Gasteiger partial charge in [0.2, 0.25) is 11.8 Å². The number of amides is 4. The van der Waals surface area contributed by atoms with Crippen LogP contribution < -0.4 is 33.5 Å². The van der Waals surface area contributed by atoms with Crippen molar-refractivity contribution in [3.8, 4) is 6.07 Å². The van der Waals surface area contributed by atoms with Crippen LogP contribution in [0.4, 0.5) is 11.6 Å². The number of nitrogen functional groups attached to an aromatic ring is 2. The molecular weight excluding hydrogens is 1520 g/mol. The Bertz CT molecular complexity index is 3510. The zero-order valence-electron chi connectivity index (χ0n) is 58.5. The van der Waals surface area contributed by atoms with Crippen molar-refractivity contribution in [2.45, 2.75) is 172 Å². The second-order valence-electron chi connectivity index (χ2n) is 21.9. The lowest BCUT2D eigenvalue weighted by molar-refractivity contribution is -0.197. The van der Waals surface area contributed by atoms with Gasteiger partial charge in [-0.3, -0.25) is 46.7 Å². The maximum atomic E-state index is 12.9. The number of aliphatic carboxylic acids is 2. The molecule has 0 saturated carbocycles. The van der Waals surface area contributed by atoms with Gasteiger partial charge in [-0.15, -0.1) is 18.2 Å². The number of nitrogens with two attached hydrogens (primary N) is 3. The summed E-state index contributed by atoms with van der Waals surface area (Å²) in [5.74, 6) is -4.82. The van der Waals surface area contributed by atoms with E-state index in [1.807, 2.05) is 27.7 Å². The van der Waals surface area contributed by atoms with Crippen LogP contribution in [0.25, 0.3) is 16.0 Å². The van der Waals surface area contributed by atoms with E-state index >= 15 is 0 Å². The number of halogens is 1. The summed E-state index contributed by atoms with van der Waals surface area (Å²) in [6.45, 7) is 20.4. The molecule has 0 spiro atoms. The summed E-state index contributed by atoms with van der Waals surface area (Å²) < 4.78 is 71.6. The smallest absolute Gasteiger partial charge is 0.472 e. The number of esters is 1. The Labute approximate surface area is 616 Å². The van der Waals surface area contributed by atoms with Crippen molar-refractivity contribution in [2.24, 2.45) is 5.73 Å². The molecule has 594 valence electrons. The molecule has 3 saturated heterocycles. The minimum absolute atomic E-state index is 0.00298. The highest BCUT2D eigenvalue weighted by atomic mass is 79.9. The number of carbonyl (C=O) groups is 8. The molecule has 3 aromatic heterocycles. The molecule has 0 aliphatic carbocycles. The van der Waals surface area contributed by atoms with Crippen LogP contribution in [0.15, 0.2) is 55.0 Å². The largest absolute Gasteiger partial charge is 0.480 e. The minimum Gasteiger partial charge on any atom is -0.480 e. The van der Waals surface area contributed by atoms with Crippen molar-refractivity contribution < 1.29 is 135 Å². The number of hydrogen-bond acceptors (Lipinski definition) is 32. The maximum absolute atomic E-state index is 12.9. The van der Waals surface area contributed by atoms with Gasteiger partial charge in [-0.1, -0.05) is 46.3 Å². The summed E-state index contributed by atoms with van der Waals surface area (Å²) in [5, 5.41) is 62.9. The number of fused-ring (bicyclic) bond motifs is 1. The Balaban J connectivity index is 0.000000739. The van der Waals surface area contributed by atoms with Crippen molar-refractivity contribution in [1.29, 1.82) is 5.26 Å². The standard InChI is InChI=1S/C19H26N8O14P2.C13H20N2O4.C11H19NO4.C9H13NO4.C6H13NO3.C2H2BrN/c20-9-1-2-26(19(31)25-9)18-13(30)14(8(40-18)4-37-42(32,33)34)41-43(35,36)38-3-7-11(28)12(29)17(39-7)27-6-24-10-15(21)22-5-23-16(10)27;1-3-5-6-12(16)15-11(10-18-8-4-2)13(17)19-9-7-14;1-3-5-6-10(13)12-9(11(14)15)8-16-7-4-2;1-2-3-4-9(13)14-10-7(11)5-6-8(10)12;1-2-3-10-4-5(7)6(8)9;1-4-2-3/h1-2,5-8,11-14,17-18,28-30H,3-4H2,(H,35,36)(H2,20,25,31)(H2,21,22,23)(H2,32,33,34);3,11H,1,4-6,8-10H2,2H3,(H,15,16);3,9H,1,4-8H2,2H3,(H,12,13)(H,14,15);2-6H2,1H3;5H,2-4,7H2,1H3,(H,8,9);2H2/t7-,8-,11-,12-,13-,14-,17-,18-;11-;9-;;5-;/m100.0./s1. The van der Waals surface area contributed by atoms with Crippen molar-refractivity contribution in [3.05, 3.63) is 72.1 Å². The fourth-order valence-corrected chi connectivity index (χ4v) is 9.60. The number of imide groups is 1. The third-order valence-corrected chi connectivity index (χ3v) is 15.1. The molecule has 6 rings (SSSR count). The molecule has 43 nitrogen and oxygen atoms in total. The van der Waals surface area contributed by atoms with E-state index in [1.54, 1.807) is 18.2 Å². The number of aliphatic hydroxyl groups is 3. The summed E-state index contributed by atoms with van der Waals surface area (Å²) in [6.07, 6.45) is 0.0152. The number of phosphoric acid groups is 2. The van der Waals surface area contributed by atoms with Crippen LogP contribution in [0.5, 0.6) is 0 Å². The van der Waals surface area contributed by atoms with Crippen LogP contribution in [0.3, 0.4) is 0 Å². The van der Waals surface area contributed by atoms with Crippen LogP contribution in [-0.2, 0) is 94.3 Å². The third kappa shape index (κ3) is 36.4. The molecule has 106 heavy (non-hydrogen) atoms. The number of hydrogen-bond donors (Lipinski definition) is 13. The monoisotopic (exact) mass is 1610 g/mol. The molecule has 6 heterocycles. The van der Waals surface area contributed by atoms with Crippen molar-refractivity contribution in [1.82, 2.24) is 44.8 Å². The van der Waals surface area contributed by atoms with E-state index in [0.717, 1.165) is 42.8 Å². The van der Waals surface area contributed by atoms with E-state index in [1.165, 1.54) is 17.0 Å². The number of hydroxylamine groups is 2. The van der Waals surface area contributed by atoms with Gasteiger partial charge in [-0.2, -0.15) is 10.2 Å². The predicted molar refractivity (Wildman–Crippen MR) is 370 cm³/mol. The van der Waals surface area contributed by atoms with Crippen molar-refractivity contribution in [3.63, 3.8) is 0 Å². The first-order chi connectivity index (χ1) is 50.2. The Hall–Kier alpha value is -8.21. The fourth-order valence-electron chi connectivity index (χ4n) is 8.30. The number of rotatable bonds is 38. The van der Waals surface area contributed by atoms with Gasteiger partial charge in [0.1, 0.15) is 66.4 Å². The average Bonchev–Trinajstić information content (AvgIpc) is 1.63. The van der Waals surface area contributed by atoms with Crippen LogP contribution in [0.2, 0.25) is 0 Å². The van der Waals surface area contributed by atoms with Gasteiger partial charge in [0, 0.05) is 74.1 Å². The van der Waals surface area contributed by atoms with E-state index < -0.39 is 137 Å². The van der Waals surface area contributed by atoms with Gasteiger partial charge in [-0.05, 0) is 44.6 Å². The quantitative estimate of drug-likeness (QED) is 0.00542. The number of aliphatic hydroxyl groups excluding tert-OH is 3. The Morgan fingerprint density at radius 1 is 0.783 bits per heavy atom. The molecule has 0 bridgehead atoms. The zero-order chi connectivity index (χ0) is 80.1. The highest BCUT2D eigenvalue weighted by molar-refractivity contribution is 9.09. The maximum Gasteiger partial charge on any atom is 0.472 e. The van der Waals surface area contributed by atoms with Crippen LogP contribution in [-0.4, -0.2) is 242 Å². The van der Waals surface area contributed by atoms with Crippen molar-refractivity contribution in [2.75, 3.05) is 76.4 Å². The van der Waals surface area contributed by atoms with Gasteiger partial charge in [-0.25, -0.2) is 49.8 Å². The first-order valence-corrected chi connectivity index (χ1v) is 36.5. The summed E-state index contributed by atoms with van der Waals surface area (Å²) in [7, 11) is -10.3. The van der Waals surface area contributed by atoms with Crippen LogP contribution in [0, 0.1) is 17.9 Å². The molecule has 0 aromatic carbocycles. The van der Waals surface area contributed by atoms with Gasteiger partial charge < -0.3 is 106 Å². The summed E-state index contributed by atoms with van der Waals surface area (Å²) >= 11 is 2.89. The molecule has 3 aliphatic rings. The number of anilines is 2. The van der Waals surface area contributed by atoms with E-state index in [0.29, 0.717) is 49.6 Å². The number of ether oxygens (including phenoxy) is 6. The number of phosphoric ester groups is 2. The van der Waals surface area contributed by atoms with E-state index in [4.69, 9.17) is 81.8 Å². The highest BCUT2D eigenvalue weighted by Gasteiger charge is 2.51. The van der Waals surface area contributed by atoms with Gasteiger partial charge in [0.15, 0.2) is 42.6 Å². The third-order valence-electron chi connectivity index (χ3n) is 13.4. The molecule has 0 radical (unpaired) electrons. The number of nitriles is 1. The lowest BCUT2D eigenvalue weighted by atomic mass is 10.1. The normalized spacial score (nSPS) is 19.9. The zero-order valence-corrected chi connectivity index (χ0v) is 61.8. The van der Waals surface area contributed by atoms with E-state index in [9.17, 15) is 72.5 Å². The van der Waals surface area contributed by atoms with Crippen molar-refractivity contribution >= 4 is 102 Å². The molecule has 3 aliphatic heterocycles. The minimum atomic E-state index is -5.18. The number of unbranched alkanes of at least 4 members (excludes halogenated alkanes) is 1. The number of nitrogens with zero attached hydrogens (tertiary/aromatic N) is 9. The summed E-state index contributed by atoms with van der Waals surface area (Å²) in [4.78, 5) is 152. The SMILES string of the molecule is C=CCCC(=O)N[C@@H](COCCC)C(=O)O.C=CCCC(=O)N[C@@H](COCCC)C(=O)OCC#N.CCCCC(=O)ON1C(=O)CCC1=O.CCCOC[C@H](N)C(=O)O.Nc1ccn([C@@H]2O[C@H](COP(=O)(O)O)[C@@H](OP(=O)(O)OC[C@H]3O[C@@H](n4cnc5c(N)ncnc54)[C@H](O)[C@@H]3O)[C@H]2O)c(=O)n1.[C-]#[N+]CBr. The number of carboxylic acids is 2. The topological polar surface area (TPSA) is 637 Å². The number of imidazole rings is 1. The second-order valence-corrected chi connectivity index (χ2v) is 25.1. The lowest BCUT2D eigenvalue weighted by Gasteiger charge is -2.24. The Morgan fingerprint density at radius 2 is 1.32 bits per heavy atom. The van der Waals surface area contributed by atoms with Gasteiger partial charge >= 0.3 is 45.2 Å². The molecule has 3 fully saturated rings. The predicted octanol–water partition coefficient (Wildman–Crippen LogP) is 0.483. The number of nitrogens with one attached hydrogen (secondary N) is 2. The molecular formula is C60H93BrN14O29P2. The Morgan fingerprint density at radius 3 is 1.83 bits per heavy atom. The first kappa shape index (κ1) is 95.8. The van der Waals surface area contributed by atoms with Gasteiger partial charge in [0.05, 0.1) is 39.4 Å². The highest BCUT2D eigenvalue weighted by Crippen LogP contribution is 2.50. The van der Waals surface area contributed by atoms with E-state index in [-0.39, 0.29) is 93.1 Å². The molecule has 12 atom stereocenters. The molecule has 1 unspecified atom stereocenters. The number of carboxylic acid groups (broad SMARTS) is 2. The van der Waals surface area contributed by atoms with Crippen LogP contribution >= 0.6 is 31.6 Å². The molecule has 3 aromatic rings. The number of carbonyl (C=O) groups excluding carboxylic acids is 6. The summed E-state index contributed by atoms with van der Waals surface area (Å²) in [5.41, 5.74) is 16.2. The van der Waals surface area contributed by atoms with Gasteiger partial charge in [0.25, 0.3) is 17.3 Å². The van der Waals surface area contributed by atoms with E-state index in [2.05, 4.69) is 78.6 Å². The molecule has 46 heteroatoms. The number of allylic oxidation sites excluding steroid dienone is 2.